The molecule has 20 heteroatoms. The number of carbonyl (C=O) groups excluding carboxylic acids is 2. The summed E-state index contributed by atoms with van der Waals surface area (Å²) in [5, 5.41) is 33.7. The zero-order chi connectivity index (χ0) is 36.8. The molecule has 0 saturated heterocycles. The quantitative estimate of drug-likeness (QED) is 0.123. The Balaban J connectivity index is 2.22. The van der Waals surface area contributed by atoms with Crippen molar-refractivity contribution in [1.29, 1.82) is 0 Å². The van der Waals surface area contributed by atoms with E-state index in [2.05, 4.69) is 0 Å². The Morgan fingerprint density at radius 2 is 1.06 bits per heavy atom. The molecule has 48 heavy (non-hydrogen) atoms. The molecule has 3 aromatic rings. The normalized spacial score (nSPS) is 13.2. The lowest BCUT2D eigenvalue weighted by Gasteiger charge is -2.34. The van der Waals surface area contributed by atoms with Crippen molar-refractivity contribution in [2.45, 2.75) is 42.8 Å². The van der Waals surface area contributed by atoms with Gasteiger partial charge < -0.3 is 30.7 Å². The molecule has 0 spiro atoms. The number of carbonyl (C=O) groups is 2. The number of Topliss-reactive ketones (excluding diaryl/α,β-unsaturated/α-hetero) is 1. The maximum atomic E-state index is 13.9. The summed E-state index contributed by atoms with van der Waals surface area (Å²) in [6, 6.07) is 4.38. The minimum atomic E-state index is -6.58. The van der Waals surface area contributed by atoms with E-state index in [-0.39, 0.29) is 17.7 Å². The van der Waals surface area contributed by atoms with Crippen LogP contribution in [-0.2, 0) is 11.2 Å². The number of ketones is 1. The van der Waals surface area contributed by atoms with Crippen molar-refractivity contribution in [2.24, 2.45) is 0 Å². The van der Waals surface area contributed by atoms with Gasteiger partial charge in [-0.05, 0) is 55.5 Å². The molecule has 8 nitrogen and oxygen atoms in total. The number of alkyl halides is 12. The van der Waals surface area contributed by atoms with Crippen molar-refractivity contribution >= 4 is 23.1 Å². The Morgan fingerprint density at radius 1 is 0.646 bits per heavy atom. The number of phenolic OH excluding ortho intramolecular Hbond substituents is 1. The molecule has 0 aliphatic carbocycles. The molecule has 3 rings (SSSR count). The first-order valence-electron chi connectivity index (χ1n) is 12.7. The van der Waals surface area contributed by atoms with Crippen LogP contribution in [0.4, 0.5) is 64.1 Å². The fourth-order valence-electron chi connectivity index (χ4n) is 4.30. The molecule has 0 fully saturated rings. The van der Waals surface area contributed by atoms with Crippen molar-refractivity contribution < 1.29 is 82.3 Å². The predicted molar refractivity (Wildman–Crippen MR) is 141 cm³/mol. The number of hydrogen-bond acceptors (Lipinski definition) is 7. The van der Waals surface area contributed by atoms with Gasteiger partial charge in [-0.15, -0.1) is 0 Å². The van der Waals surface area contributed by atoms with Crippen molar-refractivity contribution in [3.63, 3.8) is 0 Å². The number of aromatic hydroxyl groups is 1. The van der Waals surface area contributed by atoms with Gasteiger partial charge in [-0.25, -0.2) is 0 Å². The number of rotatable bonds is 8. The smallest absolute Gasteiger partial charge is 0.430 e. The molecule has 262 valence electrons. The Labute approximate surface area is 260 Å². The zero-order valence-electron chi connectivity index (χ0n) is 23.8. The summed E-state index contributed by atoms with van der Waals surface area (Å²) < 4.78 is 170. The average Bonchev–Trinajstić information content (AvgIpc) is 2.94. The van der Waals surface area contributed by atoms with Gasteiger partial charge in [0.2, 0.25) is 0 Å². The van der Waals surface area contributed by atoms with E-state index in [1.807, 2.05) is 5.32 Å². The van der Waals surface area contributed by atoms with Gasteiger partial charge in [0, 0.05) is 35.1 Å². The Bertz CT molecular complexity index is 1690. The van der Waals surface area contributed by atoms with E-state index in [0.29, 0.717) is 24.3 Å². The largest absolute Gasteiger partial charge is 0.507 e. The lowest BCUT2D eigenvalue weighted by Crippen LogP contribution is -2.54. The van der Waals surface area contributed by atoms with Gasteiger partial charge in [-0.3, -0.25) is 9.59 Å². The molecule has 5 N–H and O–H groups in total. The lowest BCUT2D eigenvalue weighted by atomic mass is 9.90. The summed E-state index contributed by atoms with van der Waals surface area (Å²) in [7, 11) is 0.873. The van der Waals surface area contributed by atoms with Crippen LogP contribution in [0, 0.1) is 0 Å². The van der Waals surface area contributed by atoms with Crippen LogP contribution in [0.1, 0.15) is 38.8 Å². The summed E-state index contributed by atoms with van der Waals surface area (Å²) >= 11 is 0. The SMILES string of the molecule is CNc1ccc(Oc2ccc(NC(=O)c3ccc(C(C)=O)cc3O)c(C(O)(C(F)(F)F)C(F)(F)F)c2)cc1C(O)(C(F)(F)F)C(F)(F)F. The minimum absolute atomic E-state index is 0.0324. The highest BCUT2D eigenvalue weighted by molar-refractivity contribution is 6.07. The second kappa shape index (κ2) is 12.4. The van der Waals surface area contributed by atoms with Gasteiger partial charge in [-0.2, -0.15) is 52.7 Å². The van der Waals surface area contributed by atoms with E-state index >= 15 is 0 Å². The van der Waals surface area contributed by atoms with Gasteiger partial charge in [0.05, 0.1) is 5.56 Å². The van der Waals surface area contributed by atoms with E-state index in [4.69, 9.17) is 4.74 Å². The third kappa shape index (κ3) is 6.66. The van der Waals surface area contributed by atoms with Crippen LogP contribution in [0.3, 0.4) is 0 Å². The first kappa shape index (κ1) is 37.7. The molecular formula is C28H20F12N2O6. The minimum Gasteiger partial charge on any atom is -0.507 e. The van der Waals surface area contributed by atoms with Gasteiger partial charge in [0.15, 0.2) is 5.78 Å². The summed E-state index contributed by atoms with van der Waals surface area (Å²) in [5.41, 5.74) is -18.7. The van der Waals surface area contributed by atoms with Crippen LogP contribution in [0.15, 0.2) is 54.6 Å². The van der Waals surface area contributed by atoms with Crippen LogP contribution in [0.25, 0.3) is 0 Å². The molecule has 0 unspecified atom stereocenters. The number of ether oxygens (including phenoxy) is 1. The number of aliphatic hydroxyl groups is 2. The van der Waals surface area contributed by atoms with Crippen molar-refractivity contribution in [1.82, 2.24) is 0 Å². The summed E-state index contributed by atoms with van der Waals surface area (Å²) in [6.45, 7) is 1.07. The number of amides is 1. The van der Waals surface area contributed by atoms with Crippen LogP contribution in [-0.4, -0.2) is 58.8 Å². The van der Waals surface area contributed by atoms with Gasteiger partial charge in [-0.1, -0.05) is 6.07 Å². The molecule has 0 atom stereocenters. The lowest BCUT2D eigenvalue weighted by molar-refractivity contribution is -0.376. The van der Waals surface area contributed by atoms with Crippen LogP contribution >= 0.6 is 0 Å². The number of anilines is 2. The molecule has 0 heterocycles. The molecule has 1 amide bonds. The second-order valence-electron chi connectivity index (χ2n) is 9.92. The molecule has 0 aliphatic heterocycles. The first-order chi connectivity index (χ1) is 21.7. The molecule has 0 radical (unpaired) electrons. The van der Waals surface area contributed by atoms with Gasteiger partial charge in [0.1, 0.15) is 17.2 Å². The van der Waals surface area contributed by atoms with Gasteiger partial charge in [0.25, 0.3) is 17.1 Å². The molecule has 0 bridgehead atoms. The maximum absolute atomic E-state index is 13.9. The highest BCUT2D eigenvalue weighted by atomic mass is 19.4. The number of phenols is 1. The van der Waals surface area contributed by atoms with Crippen molar-refractivity contribution in [3.05, 3.63) is 76.9 Å². The van der Waals surface area contributed by atoms with Crippen molar-refractivity contribution in [3.8, 4) is 17.2 Å². The third-order valence-corrected chi connectivity index (χ3v) is 6.80. The molecule has 0 aromatic heterocycles. The topological polar surface area (TPSA) is 128 Å². The Hall–Kier alpha value is -4.72. The summed E-state index contributed by atoms with van der Waals surface area (Å²) in [5.74, 6) is -5.28. The number of benzene rings is 3. The standard InChI is InChI=1S/C28H20F12N2O6/c1-12(43)13-3-6-16(21(44)9-13)22(45)42-20-8-5-15(11-18(20)24(47,27(35,36)37)28(38,39)40)48-14-4-7-19(41-2)17(10-14)23(46,25(29,30)31)26(32,33)34/h3-11,41,44,46-47H,1-2H3,(H,42,45). The first-order valence-corrected chi connectivity index (χ1v) is 12.7. The van der Waals surface area contributed by atoms with Gasteiger partial charge >= 0.3 is 24.7 Å². The fraction of sp³-hybridized carbons (Fsp3) is 0.286. The molecule has 0 saturated carbocycles. The van der Waals surface area contributed by atoms with Crippen molar-refractivity contribution in [2.75, 3.05) is 17.7 Å². The van der Waals surface area contributed by atoms with E-state index in [9.17, 15) is 77.6 Å². The Morgan fingerprint density at radius 3 is 1.44 bits per heavy atom. The van der Waals surface area contributed by atoms with Crippen LogP contribution in [0.2, 0.25) is 0 Å². The van der Waals surface area contributed by atoms with E-state index in [0.717, 1.165) is 32.2 Å². The highest BCUT2D eigenvalue weighted by Crippen LogP contribution is 2.54. The average molecular weight is 708 g/mol. The summed E-state index contributed by atoms with van der Waals surface area (Å²) in [6.07, 6.45) is -26.0. The number of nitrogens with one attached hydrogen (secondary N) is 2. The highest BCUT2D eigenvalue weighted by Gasteiger charge is 2.73. The predicted octanol–water partition coefficient (Wildman–Crippen LogP) is 7.31. The summed E-state index contributed by atoms with van der Waals surface area (Å²) in [4.78, 5) is 24.3. The molecular weight excluding hydrogens is 688 g/mol. The van der Waals surface area contributed by atoms with Crippen LogP contribution in [0.5, 0.6) is 17.2 Å². The molecule has 3 aromatic carbocycles. The molecule has 0 aliphatic rings. The van der Waals surface area contributed by atoms with E-state index in [1.165, 1.54) is 0 Å². The number of hydrogen-bond donors (Lipinski definition) is 5. The van der Waals surface area contributed by atoms with Crippen LogP contribution < -0.4 is 15.4 Å². The monoisotopic (exact) mass is 708 g/mol. The second-order valence-corrected chi connectivity index (χ2v) is 9.92. The zero-order valence-corrected chi connectivity index (χ0v) is 23.8. The number of halogens is 12. The Kier molecular flexibility index (Phi) is 9.73. The fourth-order valence-corrected chi connectivity index (χ4v) is 4.30. The maximum Gasteiger partial charge on any atom is 0.430 e. The third-order valence-electron chi connectivity index (χ3n) is 6.80. The van der Waals surface area contributed by atoms with E-state index in [1.54, 1.807) is 5.32 Å². The van der Waals surface area contributed by atoms with E-state index < -0.39 is 92.9 Å².